The molecule has 2 unspecified atom stereocenters. The Morgan fingerprint density at radius 2 is 2.10 bits per heavy atom. The van der Waals surface area contributed by atoms with Crippen LogP contribution in [0.1, 0.15) is 49.2 Å². The summed E-state index contributed by atoms with van der Waals surface area (Å²) in [7, 11) is 2.12. The molecule has 1 N–H and O–H groups in total. The summed E-state index contributed by atoms with van der Waals surface area (Å²) in [6, 6.07) is 10.4. The van der Waals surface area contributed by atoms with E-state index in [1.165, 1.54) is 12.8 Å². The fourth-order valence-electron chi connectivity index (χ4n) is 4.11. The summed E-state index contributed by atoms with van der Waals surface area (Å²) in [6.07, 6.45) is 5.51. The van der Waals surface area contributed by atoms with E-state index < -0.39 is 5.92 Å². The summed E-state index contributed by atoms with van der Waals surface area (Å²) in [4.78, 5) is 16.3. The molecule has 4 rings (SSSR count). The monoisotopic (exact) mass is 389 g/mol. The Kier molecular flexibility index (Phi) is 5.45. The SMILES string of the molecule is CCn1c(C(C#N)c2nc(NC3CCCCN3C)ncc2C)nc2ccccc21. The van der Waals surface area contributed by atoms with Crippen LogP contribution in [0.25, 0.3) is 11.0 Å². The summed E-state index contributed by atoms with van der Waals surface area (Å²) in [6.45, 7) is 5.84. The maximum absolute atomic E-state index is 10.1. The minimum absolute atomic E-state index is 0.222. The van der Waals surface area contributed by atoms with Crippen molar-refractivity contribution < 1.29 is 0 Å². The highest BCUT2D eigenvalue weighted by Crippen LogP contribution is 2.29. The van der Waals surface area contributed by atoms with Crippen molar-refractivity contribution in [2.45, 2.75) is 51.7 Å². The lowest BCUT2D eigenvalue weighted by Crippen LogP contribution is -2.42. The normalized spacial score (nSPS) is 18.5. The number of fused-ring (bicyclic) bond motifs is 1. The molecular weight excluding hydrogens is 362 g/mol. The van der Waals surface area contributed by atoms with Gasteiger partial charge in [-0.05, 0) is 64.4 Å². The summed E-state index contributed by atoms with van der Waals surface area (Å²) in [5.74, 6) is 0.762. The van der Waals surface area contributed by atoms with Crippen LogP contribution in [-0.4, -0.2) is 44.2 Å². The van der Waals surface area contributed by atoms with E-state index in [1.54, 1.807) is 6.20 Å². The number of imidazole rings is 1. The van der Waals surface area contributed by atoms with Gasteiger partial charge in [-0.1, -0.05) is 12.1 Å². The largest absolute Gasteiger partial charge is 0.339 e. The Morgan fingerprint density at radius 3 is 2.86 bits per heavy atom. The summed E-state index contributed by atoms with van der Waals surface area (Å²) >= 11 is 0. The van der Waals surface area contributed by atoms with Gasteiger partial charge in [0, 0.05) is 12.7 Å². The van der Waals surface area contributed by atoms with Crippen molar-refractivity contribution in [2.24, 2.45) is 0 Å². The van der Waals surface area contributed by atoms with E-state index in [0.717, 1.165) is 41.9 Å². The lowest BCUT2D eigenvalue weighted by Gasteiger charge is -2.33. The number of hydrogen-bond donors (Lipinski definition) is 1. The molecule has 3 aromatic rings. The lowest BCUT2D eigenvalue weighted by molar-refractivity contribution is 0.206. The van der Waals surface area contributed by atoms with Crippen LogP contribution >= 0.6 is 0 Å². The maximum Gasteiger partial charge on any atom is 0.224 e. The summed E-state index contributed by atoms with van der Waals surface area (Å²) in [5.41, 5.74) is 3.56. The molecule has 1 aliphatic rings. The molecule has 1 saturated heterocycles. The number of anilines is 1. The number of nitrogens with zero attached hydrogens (tertiary/aromatic N) is 6. The highest BCUT2D eigenvalue weighted by molar-refractivity contribution is 5.76. The first-order chi connectivity index (χ1) is 14.1. The van der Waals surface area contributed by atoms with Gasteiger partial charge in [0.1, 0.15) is 11.7 Å². The first-order valence-electron chi connectivity index (χ1n) is 10.3. The Morgan fingerprint density at radius 1 is 1.28 bits per heavy atom. The fourth-order valence-corrected chi connectivity index (χ4v) is 4.11. The maximum atomic E-state index is 10.1. The highest BCUT2D eigenvalue weighted by Gasteiger charge is 2.26. The van der Waals surface area contributed by atoms with E-state index >= 15 is 0 Å². The van der Waals surface area contributed by atoms with Crippen LogP contribution in [-0.2, 0) is 6.54 Å². The lowest BCUT2D eigenvalue weighted by atomic mass is 10.0. The van der Waals surface area contributed by atoms with Crippen molar-refractivity contribution in [1.29, 1.82) is 5.26 Å². The van der Waals surface area contributed by atoms with Crippen molar-refractivity contribution in [3.63, 3.8) is 0 Å². The number of aryl methyl sites for hydroxylation is 2. The van der Waals surface area contributed by atoms with Crippen LogP contribution in [0.4, 0.5) is 5.95 Å². The number of rotatable bonds is 5. The van der Waals surface area contributed by atoms with Gasteiger partial charge in [-0.2, -0.15) is 5.26 Å². The second-order valence-corrected chi connectivity index (χ2v) is 7.66. The van der Waals surface area contributed by atoms with Crippen molar-refractivity contribution in [3.05, 3.63) is 47.5 Å². The van der Waals surface area contributed by atoms with Crippen molar-refractivity contribution in [1.82, 2.24) is 24.4 Å². The van der Waals surface area contributed by atoms with Gasteiger partial charge in [-0.15, -0.1) is 0 Å². The molecule has 3 heterocycles. The van der Waals surface area contributed by atoms with Gasteiger partial charge >= 0.3 is 0 Å². The molecule has 0 bridgehead atoms. The number of likely N-dealkylation sites (tertiary alicyclic amines) is 1. The topological polar surface area (TPSA) is 82.7 Å². The van der Waals surface area contributed by atoms with E-state index in [9.17, 15) is 5.26 Å². The molecule has 2 atom stereocenters. The predicted molar refractivity (Wildman–Crippen MR) is 114 cm³/mol. The van der Waals surface area contributed by atoms with Crippen LogP contribution in [0.3, 0.4) is 0 Å². The van der Waals surface area contributed by atoms with Gasteiger partial charge in [0.2, 0.25) is 5.95 Å². The van der Waals surface area contributed by atoms with Crippen molar-refractivity contribution in [3.8, 4) is 6.07 Å². The Hall–Kier alpha value is -2.98. The number of nitrogens with one attached hydrogen (secondary N) is 1. The van der Waals surface area contributed by atoms with E-state index in [2.05, 4.69) is 39.8 Å². The molecular formula is C22H27N7. The molecule has 0 spiro atoms. The van der Waals surface area contributed by atoms with E-state index in [-0.39, 0.29) is 6.17 Å². The molecule has 150 valence electrons. The molecule has 0 radical (unpaired) electrons. The van der Waals surface area contributed by atoms with E-state index in [0.29, 0.717) is 11.6 Å². The zero-order chi connectivity index (χ0) is 20.4. The molecule has 1 aromatic carbocycles. The first kappa shape index (κ1) is 19.3. The summed E-state index contributed by atoms with van der Waals surface area (Å²) < 4.78 is 2.10. The van der Waals surface area contributed by atoms with Crippen LogP contribution in [0.15, 0.2) is 30.5 Å². The number of benzene rings is 1. The van der Waals surface area contributed by atoms with Crippen LogP contribution in [0.2, 0.25) is 0 Å². The van der Waals surface area contributed by atoms with Crippen molar-refractivity contribution >= 4 is 17.0 Å². The number of hydrogen-bond acceptors (Lipinski definition) is 6. The Bertz CT molecular complexity index is 1050. The molecule has 1 fully saturated rings. The smallest absolute Gasteiger partial charge is 0.224 e. The molecule has 0 aliphatic carbocycles. The molecule has 1 aliphatic heterocycles. The molecule has 7 nitrogen and oxygen atoms in total. The number of nitriles is 1. The van der Waals surface area contributed by atoms with Crippen LogP contribution < -0.4 is 5.32 Å². The number of para-hydroxylation sites is 2. The zero-order valence-corrected chi connectivity index (χ0v) is 17.3. The van der Waals surface area contributed by atoms with Crippen LogP contribution in [0, 0.1) is 18.3 Å². The van der Waals surface area contributed by atoms with Gasteiger partial charge in [0.25, 0.3) is 0 Å². The third-order valence-corrected chi connectivity index (χ3v) is 5.74. The first-order valence-corrected chi connectivity index (χ1v) is 10.3. The molecule has 0 saturated carbocycles. The van der Waals surface area contributed by atoms with Gasteiger partial charge < -0.3 is 9.88 Å². The van der Waals surface area contributed by atoms with E-state index in [1.807, 2.05) is 31.2 Å². The fraction of sp³-hybridized carbons (Fsp3) is 0.455. The van der Waals surface area contributed by atoms with Crippen molar-refractivity contribution in [2.75, 3.05) is 18.9 Å². The second-order valence-electron chi connectivity index (χ2n) is 7.66. The number of piperidine rings is 1. The minimum Gasteiger partial charge on any atom is -0.339 e. The number of aromatic nitrogens is 4. The Balaban J connectivity index is 1.72. The Labute approximate surface area is 171 Å². The quantitative estimate of drug-likeness (QED) is 0.717. The molecule has 2 aromatic heterocycles. The van der Waals surface area contributed by atoms with Gasteiger partial charge in [-0.3, -0.25) is 4.90 Å². The van der Waals surface area contributed by atoms with Gasteiger partial charge in [0.05, 0.1) is 29.0 Å². The molecule has 0 amide bonds. The minimum atomic E-state index is -0.546. The third kappa shape index (κ3) is 3.68. The standard InChI is InChI=1S/C22H27N7/c1-4-29-18-10-6-5-9-17(18)25-21(29)16(13-23)20-15(2)14-24-22(27-20)26-19-11-7-8-12-28(19)3/h5-6,9-10,14,16,19H,4,7-8,11-12H2,1-3H3,(H,24,26,27). The average Bonchev–Trinajstić information content (AvgIpc) is 3.10. The third-order valence-electron chi connectivity index (χ3n) is 5.74. The molecule has 7 heteroatoms. The predicted octanol–water partition coefficient (Wildman–Crippen LogP) is 3.66. The zero-order valence-electron chi connectivity index (χ0n) is 17.3. The average molecular weight is 390 g/mol. The van der Waals surface area contributed by atoms with E-state index in [4.69, 9.17) is 9.97 Å². The van der Waals surface area contributed by atoms with Crippen LogP contribution in [0.5, 0.6) is 0 Å². The second kappa shape index (κ2) is 8.18. The summed E-state index contributed by atoms with van der Waals surface area (Å²) in [5, 5.41) is 13.5. The van der Waals surface area contributed by atoms with Gasteiger partial charge in [-0.25, -0.2) is 15.0 Å². The highest BCUT2D eigenvalue weighted by atomic mass is 15.3. The molecule has 29 heavy (non-hydrogen) atoms. The van der Waals surface area contributed by atoms with Gasteiger partial charge in [0.15, 0.2) is 0 Å².